The van der Waals surface area contributed by atoms with Gasteiger partial charge in [0.05, 0.1) is 0 Å². The van der Waals surface area contributed by atoms with Crippen LogP contribution in [0.1, 0.15) is 39.0 Å². The predicted molar refractivity (Wildman–Crippen MR) is 57.5 cm³/mol. The van der Waals surface area contributed by atoms with Crippen molar-refractivity contribution < 1.29 is 0 Å². The summed E-state index contributed by atoms with van der Waals surface area (Å²) < 4.78 is 1.34. The summed E-state index contributed by atoms with van der Waals surface area (Å²) in [5, 5.41) is 3.63. The molecular formula is C10H18N2Se. The van der Waals surface area contributed by atoms with Crippen LogP contribution in [0.4, 0.5) is 0 Å². The van der Waals surface area contributed by atoms with Gasteiger partial charge in [-0.2, -0.15) is 0 Å². The third-order valence-corrected chi connectivity index (χ3v) is 4.88. The third-order valence-electron chi connectivity index (χ3n) is 2.74. The van der Waals surface area contributed by atoms with Crippen molar-refractivity contribution in [3.63, 3.8) is 0 Å². The van der Waals surface area contributed by atoms with Gasteiger partial charge in [0.2, 0.25) is 0 Å². The van der Waals surface area contributed by atoms with Crippen molar-refractivity contribution in [3.8, 4) is 0 Å². The van der Waals surface area contributed by atoms with Crippen molar-refractivity contribution in [1.29, 1.82) is 0 Å². The van der Waals surface area contributed by atoms with E-state index >= 15 is 0 Å². The summed E-state index contributed by atoms with van der Waals surface area (Å²) in [5.74, 6) is 0. The second kappa shape index (κ2) is 4.47. The van der Waals surface area contributed by atoms with Gasteiger partial charge in [-0.05, 0) is 0 Å². The number of rotatable bonds is 1. The summed E-state index contributed by atoms with van der Waals surface area (Å²) in [6, 6.07) is 0.750. The summed E-state index contributed by atoms with van der Waals surface area (Å²) in [6.45, 7) is 3.37. The van der Waals surface area contributed by atoms with Crippen LogP contribution in [0, 0.1) is 0 Å². The van der Waals surface area contributed by atoms with E-state index in [1.165, 1.54) is 36.8 Å². The van der Waals surface area contributed by atoms with Gasteiger partial charge in [0.1, 0.15) is 0 Å². The molecule has 74 valence electrons. The number of nitrogens with zero attached hydrogens (tertiary/aromatic N) is 1. The number of hydrogen-bond acceptors (Lipinski definition) is 2. The van der Waals surface area contributed by atoms with Crippen LogP contribution in [0.25, 0.3) is 0 Å². The Balaban J connectivity index is 1.77. The number of aliphatic imine (C=N–C) groups is 1. The average Bonchev–Trinajstić information content (AvgIpc) is 2.53. The van der Waals surface area contributed by atoms with Crippen molar-refractivity contribution in [2.24, 2.45) is 4.99 Å². The minimum absolute atomic E-state index is 0.636. The second-order valence-electron chi connectivity index (χ2n) is 4.05. The monoisotopic (exact) mass is 246 g/mol. The van der Waals surface area contributed by atoms with Crippen molar-refractivity contribution >= 4 is 19.7 Å². The average molecular weight is 245 g/mol. The molecule has 0 saturated heterocycles. The first kappa shape index (κ1) is 9.54. The molecule has 3 heteroatoms. The predicted octanol–water partition coefficient (Wildman–Crippen LogP) is 1.79. The molecule has 2 rings (SSSR count). The van der Waals surface area contributed by atoms with Gasteiger partial charge in [0, 0.05) is 0 Å². The zero-order valence-electron chi connectivity index (χ0n) is 8.25. The first-order valence-corrected chi connectivity index (χ1v) is 7.17. The summed E-state index contributed by atoms with van der Waals surface area (Å²) >= 11 is 0.636. The quantitative estimate of drug-likeness (QED) is 0.700. The molecule has 1 aliphatic carbocycles. The van der Waals surface area contributed by atoms with Crippen molar-refractivity contribution in [2.75, 3.05) is 6.54 Å². The van der Waals surface area contributed by atoms with E-state index in [2.05, 4.69) is 17.2 Å². The molecule has 1 N–H and O–H groups in total. The first-order valence-electron chi connectivity index (χ1n) is 5.32. The minimum atomic E-state index is 0.636. The van der Waals surface area contributed by atoms with Crippen LogP contribution in [0.3, 0.4) is 0 Å². The Labute approximate surface area is 86.7 Å². The maximum atomic E-state index is 4.54. The topological polar surface area (TPSA) is 24.4 Å². The van der Waals surface area contributed by atoms with Gasteiger partial charge in [0.15, 0.2) is 0 Å². The van der Waals surface area contributed by atoms with Crippen LogP contribution in [0.2, 0.25) is 4.82 Å². The fraction of sp³-hybridized carbons (Fsp3) is 0.900. The number of hydrogen-bond donors (Lipinski definition) is 1. The molecular weight excluding hydrogens is 227 g/mol. The van der Waals surface area contributed by atoms with Crippen LogP contribution >= 0.6 is 0 Å². The molecule has 2 nitrogen and oxygen atoms in total. The third kappa shape index (κ3) is 2.72. The molecule has 1 atom stereocenters. The Morgan fingerprint density at radius 2 is 2.08 bits per heavy atom. The van der Waals surface area contributed by atoms with Gasteiger partial charge in [-0.1, -0.05) is 0 Å². The summed E-state index contributed by atoms with van der Waals surface area (Å²) in [4.78, 5) is 5.38. The summed E-state index contributed by atoms with van der Waals surface area (Å²) in [6.07, 6.45) is 6.99. The molecule has 0 radical (unpaired) electrons. The molecule has 13 heavy (non-hydrogen) atoms. The van der Waals surface area contributed by atoms with Gasteiger partial charge in [-0.15, -0.1) is 0 Å². The molecule has 1 aliphatic heterocycles. The molecule has 0 aromatic rings. The van der Waals surface area contributed by atoms with Crippen LogP contribution in [0.5, 0.6) is 0 Å². The number of nitrogens with one attached hydrogen (secondary N) is 1. The van der Waals surface area contributed by atoms with E-state index in [9.17, 15) is 0 Å². The molecule has 1 heterocycles. The molecule has 1 saturated carbocycles. The van der Waals surface area contributed by atoms with Crippen LogP contribution in [-0.2, 0) is 0 Å². The van der Waals surface area contributed by atoms with Gasteiger partial charge < -0.3 is 0 Å². The van der Waals surface area contributed by atoms with E-state index in [1.54, 1.807) is 0 Å². The molecule has 0 amide bonds. The Bertz CT molecular complexity index is 197. The fourth-order valence-electron chi connectivity index (χ4n) is 1.98. The van der Waals surface area contributed by atoms with Crippen molar-refractivity contribution in [2.45, 2.75) is 49.9 Å². The van der Waals surface area contributed by atoms with E-state index in [-0.39, 0.29) is 0 Å². The molecule has 1 fully saturated rings. The van der Waals surface area contributed by atoms with Gasteiger partial charge in [0.25, 0.3) is 0 Å². The second-order valence-corrected chi connectivity index (χ2v) is 7.05. The Hall–Kier alpha value is -0.0105. The fourth-order valence-corrected chi connectivity index (χ4v) is 3.90. The molecule has 0 spiro atoms. The SMILES string of the molecule is CC1CN=C(NC2CCCCC2)[Se]1. The van der Waals surface area contributed by atoms with Gasteiger partial charge in [-0.25, -0.2) is 0 Å². The van der Waals surface area contributed by atoms with Crippen molar-refractivity contribution in [1.82, 2.24) is 5.32 Å². The van der Waals surface area contributed by atoms with E-state index in [4.69, 9.17) is 0 Å². The maximum absolute atomic E-state index is 4.54. The standard InChI is InChI=1S/C10H18N2Se/c1-8-7-11-10(13-8)12-9-5-3-2-4-6-9/h8-9H,2-7H2,1H3,(H,11,12). The van der Waals surface area contributed by atoms with Crippen LogP contribution in [-0.4, -0.2) is 32.3 Å². The summed E-state index contributed by atoms with van der Waals surface area (Å²) in [7, 11) is 0. The van der Waals surface area contributed by atoms with Crippen LogP contribution in [0.15, 0.2) is 4.99 Å². The van der Waals surface area contributed by atoms with E-state index in [0.29, 0.717) is 15.0 Å². The molecule has 0 aromatic heterocycles. The Morgan fingerprint density at radius 3 is 2.69 bits per heavy atom. The molecule has 2 aliphatic rings. The van der Waals surface area contributed by atoms with Crippen LogP contribution < -0.4 is 5.32 Å². The molecule has 1 unspecified atom stereocenters. The normalized spacial score (nSPS) is 30.2. The summed E-state index contributed by atoms with van der Waals surface area (Å²) in [5.41, 5.74) is 0. The Morgan fingerprint density at radius 1 is 1.31 bits per heavy atom. The Kier molecular flexibility index (Phi) is 3.28. The van der Waals surface area contributed by atoms with Crippen molar-refractivity contribution in [3.05, 3.63) is 0 Å². The van der Waals surface area contributed by atoms with Gasteiger partial charge >= 0.3 is 86.4 Å². The molecule has 0 aromatic carbocycles. The zero-order valence-corrected chi connectivity index (χ0v) is 9.97. The number of amidine groups is 1. The molecule has 0 bridgehead atoms. The first-order chi connectivity index (χ1) is 6.34. The van der Waals surface area contributed by atoms with E-state index in [0.717, 1.165) is 17.4 Å². The van der Waals surface area contributed by atoms with E-state index < -0.39 is 0 Å². The zero-order chi connectivity index (χ0) is 9.10. The van der Waals surface area contributed by atoms with Gasteiger partial charge in [-0.3, -0.25) is 0 Å². The van der Waals surface area contributed by atoms with E-state index in [1.807, 2.05) is 0 Å².